The Labute approximate surface area is 217 Å². The van der Waals surface area contributed by atoms with Crippen molar-refractivity contribution in [1.29, 1.82) is 0 Å². The van der Waals surface area contributed by atoms with Crippen LogP contribution in [-0.4, -0.2) is 60.4 Å². The Kier molecular flexibility index (Phi) is 10.7. The molecule has 0 radical (unpaired) electrons. The number of nitro groups is 1. The molecule has 1 aromatic heterocycles. The number of rotatable bonds is 10. The first-order chi connectivity index (χ1) is 17.6. The van der Waals surface area contributed by atoms with Crippen molar-refractivity contribution in [3.8, 4) is 5.69 Å². The van der Waals surface area contributed by atoms with Gasteiger partial charge >= 0.3 is 11.9 Å². The second kappa shape index (κ2) is 13.7. The maximum Gasteiger partial charge on any atom is 0.328 e. The number of halogens is 1. The highest BCUT2D eigenvalue weighted by Crippen LogP contribution is 2.27. The number of carboxylic acid groups (broad SMARTS) is 2. The van der Waals surface area contributed by atoms with E-state index in [1.165, 1.54) is 12.1 Å². The van der Waals surface area contributed by atoms with Gasteiger partial charge in [0.15, 0.2) is 5.78 Å². The SMILES string of the molecule is CCN(CC)Cc1nccn1-c1ccc([N+](=O)[O-])cc1C(=O)c1ccccc1Cl.O=C(O)C=CC(=O)O. The van der Waals surface area contributed by atoms with Crippen LogP contribution in [0.15, 0.2) is 67.0 Å². The van der Waals surface area contributed by atoms with Crippen molar-refractivity contribution in [2.45, 2.75) is 20.4 Å². The Balaban J connectivity index is 0.000000521. The summed E-state index contributed by atoms with van der Waals surface area (Å²) in [4.78, 5) is 49.8. The molecular formula is C25H25ClN4O7. The van der Waals surface area contributed by atoms with Crippen molar-refractivity contribution in [2.24, 2.45) is 0 Å². The van der Waals surface area contributed by atoms with Crippen LogP contribution in [0.3, 0.4) is 0 Å². The lowest BCUT2D eigenvalue weighted by molar-refractivity contribution is -0.384. The minimum absolute atomic E-state index is 0.158. The van der Waals surface area contributed by atoms with Gasteiger partial charge in [0, 0.05) is 42.2 Å². The van der Waals surface area contributed by atoms with E-state index in [0.29, 0.717) is 35.0 Å². The van der Waals surface area contributed by atoms with Crippen LogP contribution in [0.5, 0.6) is 0 Å². The molecule has 3 rings (SSSR count). The lowest BCUT2D eigenvalue weighted by Crippen LogP contribution is -2.24. The number of aromatic nitrogens is 2. The average Bonchev–Trinajstić information content (AvgIpc) is 3.33. The van der Waals surface area contributed by atoms with Crippen LogP contribution in [0, 0.1) is 10.1 Å². The number of ketones is 1. The standard InChI is InChI=1S/C21H21ClN4O3.C4H4O4/c1-3-24(4-2)14-20-23-11-12-25(20)19-10-9-15(26(28)29)13-17(19)21(27)16-7-5-6-8-18(16)22;5-3(6)1-2-4(7)8/h5-13H,3-4,14H2,1-2H3;1-2H,(H,5,6)(H,7,8). The van der Waals surface area contributed by atoms with Crippen LogP contribution in [0.25, 0.3) is 5.69 Å². The second-order valence-corrected chi connectivity index (χ2v) is 7.86. The summed E-state index contributed by atoms with van der Waals surface area (Å²) < 4.78 is 1.80. The van der Waals surface area contributed by atoms with E-state index in [4.69, 9.17) is 21.8 Å². The minimum atomic E-state index is -1.26. The fourth-order valence-electron chi connectivity index (χ4n) is 3.28. The summed E-state index contributed by atoms with van der Waals surface area (Å²) in [7, 11) is 0. The van der Waals surface area contributed by atoms with Crippen LogP contribution < -0.4 is 0 Å². The predicted octanol–water partition coefficient (Wildman–Crippen LogP) is 4.22. The number of benzene rings is 2. The van der Waals surface area contributed by atoms with E-state index in [-0.39, 0.29) is 17.0 Å². The van der Waals surface area contributed by atoms with Crippen molar-refractivity contribution in [1.82, 2.24) is 14.5 Å². The van der Waals surface area contributed by atoms with Gasteiger partial charge in [0.25, 0.3) is 5.69 Å². The molecule has 0 spiro atoms. The van der Waals surface area contributed by atoms with Crippen LogP contribution in [0.2, 0.25) is 5.02 Å². The normalized spacial score (nSPS) is 10.7. The molecule has 0 bridgehead atoms. The fourth-order valence-corrected chi connectivity index (χ4v) is 3.50. The Bertz CT molecular complexity index is 1300. The Morgan fingerprint density at radius 1 is 1.05 bits per heavy atom. The Hall–Kier alpha value is -4.35. The summed E-state index contributed by atoms with van der Waals surface area (Å²) in [6.45, 7) is 6.44. The number of nitrogens with zero attached hydrogens (tertiary/aromatic N) is 4. The summed E-state index contributed by atoms with van der Waals surface area (Å²) in [6.07, 6.45) is 4.53. The minimum Gasteiger partial charge on any atom is -0.478 e. The van der Waals surface area contributed by atoms with Gasteiger partial charge in [0.1, 0.15) is 5.82 Å². The first-order valence-electron chi connectivity index (χ1n) is 11.1. The van der Waals surface area contributed by atoms with E-state index >= 15 is 0 Å². The maximum atomic E-state index is 13.3. The van der Waals surface area contributed by atoms with E-state index in [0.717, 1.165) is 18.9 Å². The smallest absolute Gasteiger partial charge is 0.328 e. The molecule has 2 N–H and O–H groups in total. The molecule has 0 fully saturated rings. The van der Waals surface area contributed by atoms with Crippen LogP contribution in [0.4, 0.5) is 5.69 Å². The first kappa shape index (κ1) is 28.9. The number of hydrogen-bond donors (Lipinski definition) is 2. The number of aliphatic carboxylic acids is 2. The van der Waals surface area contributed by atoms with E-state index in [9.17, 15) is 24.5 Å². The van der Waals surface area contributed by atoms with E-state index in [1.807, 2.05) is 0 Å². The topological polar surface area (TPSA) is 156 Å². The van der Waals surface area contributed by atoms with Crippen LogP contribution in [-0.2, 0) is 16.1 Å². The van der Waals surface area contributed by atoms with Crippen molar-refractivity contribution < 1.29 is 29.5 Å². The summed E-state index contributed by atoms with van der Waals surface area (Å²) in [5, 5.41) is 27.2. The third kappa shape index (κ3) is 8.09. The number of non-ortho nitro benzene ring substituents is 1. The monoisotopic (exact) mass is 528 g/mol. The maximum absolute atomic E-state index is 13.3. The molecule has 0 saturated carbocycles. The molecule has 2 aromatic carbocycles. The number of imidazole rings is 1. The van der Waals surface area contributed by atoms with E-state index in [1.54, 1.807) is 47.3 Å². The molecule has 0 atom stereocenters. The largest absolute Gasteiger partial charge is 0.478 e. The molecule has 11 nitrogen and oxygen atoms in total. The summed E-state index contributed by atoms with van der Waals surface area (Å²) >= 11 is 6.21. The van der Waals surface area contributed by atoms with Gasteiger partial charge < -0.3 is 14.8 Å². The van der Waals surface area contributed by atoms with Crippen LogP contribution in [0.1, 0.15) is 35.6 Å². The molecule has 1 heterocycles. The number of carbonyl (C=O) groups is 3. The molecular weight excluding hydrogens is 504 g/mol. The van der Waals surface area contributed by atoms with Crippen LogP contribution >= 0.6 is 11.6 Å². The molecule has 0 aliphatic heterocycles. The van der Waals surface area contributed by atoms with E-state index < -0.39 is 16.9 Å². The molecule has 0 saturated heterocycles. The molecule has 194 valence electrons. The van der Waals surface area contributed by atoms with E-state index in [2.05, 4.69) is 23.7 Å². The van der Waals surface area contributed by atoms with Gasteiger partial charge in [-0.15, -0.1) is 0 Å². The molecule has 0 aliphatic rings. The quantitative estimate of drug-likeness (QED) is 0.170. The zero-order valence-electron chi connectivity index (χ0n) is 20.1. The Morgan fingerprint density at radius 3 is 2.22 bits per heavy atom. The van der Waals surface area contributed by atoms with Crippen molar-refractivity contribution in [3.63, 3.8) is 0 Å². The van der Waals surface area contributed by atoms with Crippen molar-refractivity contribution in [2.75, 3.05) is 13.1 Å². The molecule has 12 heteroatoms. The summed E-state index contributed by atoms with van der Waals surface area (Å²) in [5.41, 5.74) is 0.863. The highest BCUT2D eigenvalue weighted by molar-refractivity contribution is 6.35. The average molecular weight is 529 g/mol. The van der Waals surface area contributed by atoms with Crippen molar-refractivity contribution >= 4 is 35.0 Å². The molecule has 0 aliphatic carbocycles. The Morgan fingerprint density at radius 2 is 1.68 bits per heavy atom. The number of nitro benzene ring substituents is 1. The zero-order valence-corrected chi connectivity index (χ0v) is 20.8. The number of carbonyl (C=O) groups excluding carboxylic acids is 1. The number of hydrogen-bond acceptors (Lipinski definition) is 7. The molecule has 3 aromatic rings. The molecule has 37 heavy (non-hydrogen) atoms. The van der Waals surface area contributed by atoms with Gasteiger partial charge in [-0.25, -0.2) is 14.6 Å². The van der Waals surface area contributed by atoms with Gasteiger partial charge in [-0.05, 0) is 31.3 Å². The first-order valence-corrected chi connectivity index (χ1v) is 11.4. The fraction of sp³-hybridized carbons (Fsp3) is 0.200. The van der Waals surface area contributed by atoms with Crippen molar-refractivity contribution in [3.05, 3.63) is 99.1 Å². The summed E-state index contributed by atoms with van der Waals surface area (Å²) in [5.74, 6) is -2.15. The zero-order chi connectivity index (χ0) is 27.5. The lowest BCUT2D eigenvalue weighted by atomic mass is 10.0. The molecule has 0 unspecified atom stereocenters. The van der Waals surface area contributed by atoms with Gasteiger partial charge in [-0.1, -0.05) is 37.6 Å². The van der Waals surface area contributed by atoms with Gasteiger partial charge in [0.2, 0.25) is 0 Å². The predicted molar refractivity (Wildman–Crippen MR) is 136 cm³/mol. The van der Waals surface area contributed by atoms with Gasteiger partial charge in [-0.3, -0.25) is 19.8 Å². The third-order valence-electron chi connectivity index (χ3n) is 5.16. The molecule has 0 amide bonds. The lowest BCUT2D eigenvalue weighted by Gasteiger charge is -2.19. The highest BCUT2D eigenvalue weighted by atomic mass is 35.5. The highest BCUT2D eigenvalue weighted by Gasteiger charge is 2.22. The number of carboxylic acids is 2. The second-order valence-electron chi connectivity index (χ2n) is 7.45. The third-order valence-corrected chi connectivity index (χ3v) is 5.49. The van der Waals surface area contributed by atoms with Gasteiger partial charge in [-0.2, -0.15) is 0 Å². The summed E-state index contributed by atoms with van der Waals surface area (Å²) in [6, 6.07) is 10.9. The van der Waals surface area contributed by atoms with Gasteiger partial charge in [0.05, 0.1) is 27.7 Å².